The summed E-state index contributed by atoms with van der Waals surface area (Å²) in [7, 11) is 0. The summed E-state index contributed by atoms with van der Waals surface area (Å²) in [6.07, 6.45) is 0.735. The smallest absolute Gasteiger partial charge is 0.288 e. The number of nitrogens with zero attached hydrogens (tertiary/aromatic N) is 1. The summed E-state index contributed by atoms with van der Waals surface area (Å²) in [5.74, 6) is 0. The lowest BCUT2D eigenvalue weighted by Crippen LogP contribution is -2.08. The van der Waals surface area contributed by atoms with E-state index in [4.69, 9.17) is 17.3 Å². The van der Waals surface area contributed by atoms with Gasteiger partial charge in [0.05, 0.1) is 4.92 Å². The molecule has 1 rings (SSSR count). The van der Waals surface area contributed by atoms with Crippen molar-refractivity contribution in [3.63, 3.8) is 0 Å². The number of hydrogen-bond donors (Lipinski definition) is 1. The van der Waals surface area contributed by atoms with Crippen LogP contribution in [0.2, 0.25) is 5.02 Å². The second kappa shape index (κ2) is 4.39. The van der Waals surface area contributed by atoms with Crippen LogP contribution in [0.5, 0.6) is 0 Å². The average molecular weight is 215 g/mol. The molecule has 0 aliphatic rings. The summed E-state index contributed by atoms with van der Waals surface area (Å²) >= 11 is 5.66. The minimum Gasteiger partial charge on any atom is -0.324 e. The maximum Gasteiger partial charge on any atom is 0.288 e. The Morgan fingerprint density at radius 1 is 1.64 bits per heavy atom. The summed E-state index contributed by atoms with van der Waals surface area (Å²) in [6.45, 7) is 1.92. The van der Waals surface area contributed by atoms with Gasteiger partial charge < -0.3 is 5.73 Å². The van der Waals surface area contributed by atoms with E-state index in [-0.39, 0.29) is 16.8 Å². The predicted molar refractivity (Wildman–Crippen MR) is 55.3 cm³/mol. The van der Waals surface area contributed by atoms with Crippen LogP contribution in [0.1, 0.15) is 24.9 Å². The van der Waals surface area contributed by atoms with E-state index in [1.54, 1.807) is 6.07 Å². The van der Waals surface area contributed by atoms with Crippen LogP contribution in [0.4, 0.5) is 5.69 Å². The average Bonchev–Trinajstić information content (AvgIpc) is 2.17. The van der Waals surface area contributed by atoms with Crippen LogP contribution in [0, 0.1) is 10.1 Å². The summed E-state index contributed by atoms with van der Waals surface area (Å²) < 4.78 is 0. The lowest BCUT2D eigenvalue weighted by atomic mass is 10.1. The van der Waals surface area contributed by atoms with Crippen molar-refractivity contribution in [3.05, 3.63) is 38.9 Å². The molecule has 0 aliphatic carbocycles. The first-order valence-electron chi connectivity index (χ1n) is 4.25. The van der Waals surface area contributed by atoms with Gasteiger partial charge in [-0.05, 0) is 18.1 Å². The highest BCUT2D eigenvalue weighted by Gasteiger charge is 2.14. The fraction of sp³-hybridized carbons (Fsp3) is 0.333. The van der Waals surface area contributed by atoms with Crippen LogP contribution in [-0.2, 0) is 0 Å². The highest BCUT2D eigenvalue weighted by atomic mass is 35.5. The van der Waals surface area contributed by atoms with E-state index in [1.807, 2.05) is 6.92 Å². The number of benzene rings is 1. The molecule has 0 radical (unpaired) electrons. The van der Waals surface area contributed by atoms with Crippen molar-refractivity contribution in [1.82, 2.24) is 0 Å². The van der Waals surface area contributed by atoms with Gasteiger partial charge >= 0.3 is 0 Å². The Balaban J connectivity index is 3.12. The maximum absolute atomic E-state index is 10.6. The van der Waals surface area contributed by atoms with Crippen LogP contribution < -0.4 is 5.73 Å². The molecule has 14 heavy (non-hydrogen) atoms. The van der Waals surface area contributed by atoms with Gasteiger partial charge in [0.2, 0.25) is 0 Å². The molecule has 2 N–H and O–H groups in total. The molecule has 0 aromatic heterocycles. The molecular weight excluding hydrogens is 204 g/mol. The zero-order valence-electron chi connectivity index (χ0n) is 7.74. The quantitative estimate of drug-likeness (QED) is 0.621. The number of nitrogens with two attached hydrogens (primary N) is 1. The van der Waals surface area contributed by atoms with E-state index in [0.29, 0.717) is 0 Å². The Morgan fingerprint density at radius 3 is 2.79 bits per heavy atom. The van der Waals surface area contributed by atoms with E-state index in [0.717, 1.165) is 12.0 Å². The molecule has 0 amide bonds. The molecule has 0 bridgehead atoms. The topological polar surface area (TPSA) is 69.2 Å². The fourth-order valence-corrected chi connectivity index (χ4v) is 1.32. The van der Waals surface area contributed by atoms with Gasteiger partial charge in [-0.15, -0.1) is 0 Å². The summed E-state index contributed by atoms with van der Waals surface area (Å²) in [4.78, 5) is 10.1. The van der Waals surface area contributed by atoms with Gasteiger partial charge in [0.15, 0.2) is 0 Å². The first kappa shape index (κ1) is 10.9. The van der Waals surface area contributed by atoms with Crippen molar-refractivity contribution in [3.8, 4) is 0 Å². The molecule has 1 aromatic carbocycles. The molecule has 0 fully saturated rings. The highest BCUT2D eigenvalue weighted by Crippen LogP contribution is 2.27. The van der Waals surface area contributed by atoms with Crippen molar-refractivity contribution < 1.29 is 4.92 Å². The number of halogens is 1. The molecule has 4 nitrogen and oxygen atoms in total. The number of hydrogen-bond acceptors (Lipinski definition) is 3. The molecule has 1 aromatic rings. The molecule has 0 saturated carbocycles. The third-order valence-corrected chi connectivity index (χ3v) is 2.35. The van der Waals surface area contributed by atoms with E-state index in [9.17, 15) is 10.1 Å². The summed E-state index contributed by atoms with van der Waals surface area (Å²) in [5, 5.41) is 10.7. The van der Waals surface area contributed by atoms with Gasteiger partial charge in [-0.25, -0.2) is 0 Å². The minimum atomic E-state index is -0.506. The Bertz CT molecular complexity index is 355. The molecule has 0 saturated heterocycles. The first-order chi connectivity index (χ1) is 6.56. The van der Waals surface area contributed by atoms with Crippen LogP contribution in [0.25, 0.3) is 0 Å². The number of nitro benzene ring substituents is 1. The first-order valence-corrected chi connectivity index (χ1v) is 4.63. The molecule has 1 unspecified atom stereocenters. The third-order valence-electron chi connectivity index (χ3n) is 2.03. The highest BCUT2D eigenvalue weighted by molar-refractivity contribution is 6.32. The van der Waals surface area contributed by atoms with Crippen LogP contribution >= 0.6 is 11.6 Å². The maximum atomic E-state index is 10.6. The zero-order chi connectivity index (χ0) is 10.7. The summed E-state index contributed by atoms with van der Waals surface area (Å²) in [5.41, 5.74) is 6.40. The van der Waals surface area contributed by atoms with E-state index in [2.05, 4.69) is 0 Å². The zero-order valence-corrected chi connectivity index (χ0v) is 8.49. The normalized spacial score (nSPS) is 12.5. The third kappa shape index (κ3) is 2.21. The minimum absolute atomic E-state index is 0.0898. The van der Waals surface area contributed by atoms with E-state index in [1.165, 1.54) is 12.1 Å². The van der Waals surface area contributed by atoms with Crippen molar-refractivity contribution in [2.24, 2.45) is 5.73 Å². The van der Waals surface area contributed by atoms with Crippen molar-refractivity contribution in [1.29, 1.82) is 0 Å². The van der Waals surface area contributed by atoms with Crippen LogP contribution in [0.15, 0.2) is 18.2 Å². The largest absolute Gasteiger partial charge is 0.324 e. The lowest BCUT2D eigenvalue weighted by molar-refractivity contribution is -0.384. The Morgan fingerprint density at radius 2 is 2.29 bits per heavy atom. The monoisotopic (exact) mass is 214 g/mol. The Labute approximate surface area is 86.8 Å². The Kier molecular flexibility index (Phi) is 3.43. The van der Waals surface area contributed by atoms with Gasteiger partial charge in [0.25, 0.3) is 5.69 Å². The molecule has 0 aliphatic heterocycles. The molecule has 5 heteroatoms. The van der Waals surface area contributed by atoms with Gasteiger partial charge in [-0.1, -0.05) is 24.6 Å². The molecule has 0 spiro atoms. The van der Waals surface area contributed by atoms with Gasteiger partial charge in [0.1, 0.15) is 5.02 Å². The van der Waals surface area contributed by atoms with Crippen LogP contribution in [-0.4, -0.2) is 4.92 Å². The number of nitro groups is 1. The SMILES string of the molecule is CCC(N)c1ccc(Cl)c([N+](=O)[O-])c1. The van der Waals surface area contributed by atoms with Gasteiger partial charge in [0, 0.05) is 12.1 Å². The Hall–Kier alpha value is -1.13. The van der Waals surface area contributed by atoms with Gasteiger partial charge in [-0.3, -0.25) is 10.1 Å². The number of rotatable bonds is 3. The van der Waals surface area contributed by atoms with Crippen molar-refractivity contribution in [2.45, 2.75) is 19.4 Å². The van der Waals surface area contributed by atoms with Crippen molar-refractivity contribution in [2.75, 3.05) is 0 Å². The molecule has 1 atom stereocenters. The van der Waals surface area contributed by atoms with E-state index >= 15 is 0 Å². The van der Waals surface area contributed by atoms with Crippen molar-refractivity contribution >= 4 is 17.3 Å². The second-order valence-corrected chi connectivity index (χ2v) is 3.39. The lowest BCUT2D eigenvalue weighted by Gasteiger charge is -2.08. The standard InChI is InChI=1S/C9H11ClN2O2/c1-2-8(11)6-3-4-7(10)9(5-6)12(13)14/h3-5,8H,2,11H2,1H3. The molecular formula is C9H11ClN2O2. The van der Waals surface area contributed by atoms with E-state index < -0.39 is 4.92 Å². The second-order valence-electron chi connectivity index (χ2n) is 2.98. The summed E-state index contributed by atoms with van der Waals surface area (Å²) in [6, 6.07) is 4.47. The van der Waals surface area contributed by atoms with Gasteiger partial charge in [-0.2, -0.15) is 0 Å². The molecule has 76 valence electrons. The van der Waals surface area contributed by atoms with Crippen LogP contribution in [0.3, 0.4) is 0 Å². The predicted octanol–water partition coefficient (Wildman–Crippen LogP) is 2.66. The molecule has 0 heterocycles. The fourth-order valence-electron chi connectivity index (χ4n) is 1.14.